The van der Waals surface area contributed by atoms with E-state index in [4.69, 9.17) is 0 Å². The standard InChI is InChI=1S/C15H9BrFN/c16-12-5-6-14(17)13(8-12)11-7-10-3-1-2-4-15(10)18-9-11/h1-9H. The van der Waals surface area contributed by atoms with E-state index >= 15 is 0 Å². The van der Waals surface area contributed by atoms with Crippen LogP contribution in [0.4, 0.5) is 4.39 Å². The molecule has 18 heavy (non-hydrogen) atoms. The van der Waals surface area contributed by atoms with Crippen molar-refractivity contribution in [1.82, 2.24) is 4.98 Å². The van der Waals surface area contributed by atoms with Gasteiger partial charge in [0.25, 0.3) is 0 Å². The largest absolute Gasteiger partial charge is 0.256 e. The molecule has 1 nitrogen and oxygen atoms in total. The second-order valence-corrected chi connectivity index (χ2v) is 4.96. The lowest BCUT2D eigenvalue weighted by atomic mass is 10.1. The Kier molecular flexibility index (Phi) is 2.84. The van der Waals surface area contributed by atoms with E-state index in [2.05, 4.69) is 20.9 Å². The third kappa shape index (κ3) is 2.02. The number of hydrogen-bond donors (Lipinski definition) is 0. The first kappa shape index (κ1) is 11.4. The zero-order chi connectivity index (χ0) is 12.5. The lowest BCUT2D eigenvalue weighted by Gasteiger charge is -2.05. The molecule has 0 aliphatic rings. The molecule has 2 aromatic carbocycles. The van der Waals surface area contributed by atoms with Crippen LogP contribution in [-0.2, 0) is 0 Å². The molecule has 0 spiro atoms. The fourth-order valence-electron chi connectivity index (χ4n) is 1.94. The van der Waals surface area contributed by atoms with Crippen molar-refractivity contribution in [2.45, 2.75) is 0 Å². The van der Waals surface area contributed by atoms with Crippen LogP contribution < -0.4 is 0 Å². The lowest BCUT2D eigenvalue weighted by Crippen LogP contribution is -1.87. The molecule has 3 aromatic rings. The summed E-state index contributed by atoms with van der Waals surface area (Å²) in [6, 6.07) is 14.7. The van der Waals surface area contributed by atoms with Gasteiger partial charge in [0, 0.05) is 27.2 Å². The van der Waals surface area contributed by atoms with Crippen molar-refractivity contribution in [3.8, 4) is 11.1 Å². The second-order valence-electron chi connectivity index (χ2n) is 4.04. The molecule has 0 amide bonds. The molecule has 1 aromatic heterocycles. The molecule has 0 N–H and O–H groups in total. The second kappa shape index (κ2) is 4.50. The van der Waals surface area contributed by atoms with Crippen LogP contribution in [0.2, 0.25) is 0 Å². The van der Waals surface area contributed by atoms with Crippen LogP contribution in [0.3, 0.4) is 0 Å². The smallest absolute Gasteiger partial charge is 0.131 e. The van der Waals surface area contributed by atoms with Gasteiger partial charge in [0.05, 0.1) is 5.52 Å². The summed E-state index contributed by atoms with van der Waals surface area (Å²) in [5, 5.41) is 1.01. The number of para-hydroxylation sites is 1. The minimum absolute atomic E-state index is 0.240. The maximum atomic E-state index is 13.8. The summed E-state index contributed by atoms with van der Waals surface area (Å²) in [6.45, 7) is 0. The Bertz CT molecular complexity index is 725. The molecule has 0 aliphatic carbocycles. The van der Waals surface area contributed by atoms with Crippen LogP contribution in [-0.4, -0.2) is 4.98 Å². The minimum atomic E-state index is -0.240. The van der Waals surface area contributed by atoms with Gasteiger partial charge in [-0.3, -0.25) is 4.98 Å². The topological polar surface area (TPSA) is 12.9 Å². The summed E-state index contributed by atoms with van der Waals surface area (Å²) < 4.78 is 14.7. The number of nitrogens with zero attached hydrogens (tertiary/aromatic N) is 1. The molecule has 0 aliphatic heterocycles. The maximum absolute atomic E-state index is 13.8. The van der Waals surface area contributed by atoms with Gasteiger partial charge >= 0.3 is 0 Å². The molecule has 3 rings (SSSR count). The quantitative estimate of drug-likeness (QED) is 0.629. The summed E-state index contributed by atoms with van der Waals surface area (Å²) in [4.78, 5) is 4.35. The van der Waals surface area contributed by atoms with E-state index in [-0.39, 0.29) is 5.82 Å². The highest BCUT2D eigenvalue weighted by molar-refractivity contribution is 9.10. The fraction of sp³-hybridized carbons (Fsp3) is 0. The monoisotopic (exact) mass is 301 g/mol. The van der Waals surface area contributed by atoms with Crippen molar-refractivity contribution < 1.29 is 4.39 Å². The molecule has 3 heteroatoms. The Balaban J connectivity index is 2.22. The molecule has 88 valence electrons. The molecule has 0 radical (unpaired) electrons. The van der Waals surface area contributed by atoms with Crippen LogP contribution in [0.15, 0.2) is 59.2 Å². The summed E-state index contributed by atoms with van der Waals surface area (Å²) in [5.74, 6) is -0.240. The third-order valence-electron chi connectivity index (χ3n) is 2.83. The molecule has 1 heterocycles. The highest BCUT2D eigenvalue weighted by Crippen LogP contribution is 2.27. The van der Waals surface area contributed by atoms with Gasteiger partial charge in [0.1, 0.15) is 5.82 Å². The number of pyridine rings is 1. The van der Waals surface area contributed by atoms with E-state index < -0.39 is 0 Å². The van der Waals surface area contributed by atoms with E-state index in [0.717, 1.165) is 20.9 Å². The first-order valence-electron chi connectivity index (χ1n) is 5.54. The van der Waals surface area contributed by atoms with Crippen LogP contribution in [0.5, 0.6) is 0 Å². The number of hydrogen-bond acceptors (Lipinski definition) is 1. The summed E-state index contributed by atoms with van der Waals surface area (Å²) in [6.07, 6.45) is 1.70. The molecule has 0 saturated carbocycles. The van der Waals surface area contributed by atoms with Gasteiger partial charge in [-0.2, -0.15) is 0 Å². The number of halogens is 2. The van der Waals surface area contributed by atoms with Gasteiger partial charge < -0.3 is 0 Å². The van der Waals surface area contributed by atoms with E-state index in [1.165, 1.54) is 6.07 Å². The lowest BCUT2D eigenvalue weighted by molar-refractivity contribution is 0.631. The van der Waals surface area contributed by atoms with E-state index in [1.807, 2.05) is 30.3 Å². The van der Waals surface area contributed by atoms with Crippen LogP contribution in [0, 0.1) is 5.82 Å². The van der Waals surface area contributed by atoms with Crippen molar-refractivity contribution in [1.29, 1.82) is 0 Å². The Morgan fingerprint density at radius 1 is 1.00 bits per heavy atom. The highest BCUT2D eigenvalue weighted by atomic mass is 79.9. The number of benzene rings is 2. The molecule has 0 atom stereocenters. The van der Waals surface area contributed by atoms with Crippen LogP contribution in [0.25, 0.3) is 22.0 Å². The Hall–Kier alpha value is -1.74. The highest BCUT2D eigenvalue weighted by Gasteiger charge is 2.07. The fourth-order valence-corrected chi connectivity index (χ4v) is 2.30. The van der Waals surface area contributed by atoms with Crippen molar-refractivity contribution in [3.05, 3.63) is 65.0 Å². The normalized spacial score (nSPS) is 10.8. The average Bonchev–Trinajstić information content (AvgIpc) is 2.41. The van der Waals surface area contributed by atoms with E-state index in [9.17, 15) is 4.39 Å². The van der Waals surface area contributed by atoms with E-state index in [0.29, 0.717) is 5.56 Å². The predicted molar refractivity (Wildman–Crippen MR) is 74.8 cm³/mol. The van der Waals surface area contributed by atoms with Gasteiger partial charge in [-0.1, -0.05) is 34.1 Å². The third-order valence-corrected chi connectivity index (χ3v) is 3.32. The minimum Gasteiger partial charge on any atom is -0.256 e. The first-order chi connectivity index (χ1) is 8.74. The van der Waals surface area contributed by atoms with Gasteiger partial charge in [0.2, 0.25) is 0 Å². The van der Waals surface area contributed by atoms with Gasteiger partial charge in [-0.25, -0.2) is 4.39 Å². The number of aromatic nitrogens is 1. The molecular weight excluding hydrogens is 293 g/mol. The number of rotatable bonds is 1. The molecule has 0 saturated heterocycles. The van der Waals surface area contributed by atoms with Crippen molar-refractivity contribution >= 4 is 26.8 Å². The van der Waals surface area contributed by atoms with Gasteiger partial charge in [-0.05, 0) is 30.3 Å². The molecule has 0 fully saturated rings. The van der Waals surface area contributed by atoms with Gasteiger partial charge in [0.15, 0.2) is 0 Å². The van der Waals surface area contributed by atoms with Crippen molar-refractivity contribution in [2.75, 3.05) is 0 Å². The Morgan fingerprint density at radius 3 is 2.72 bits per heavy atom. The zero-order valence-electron chi connectivity index (χ0n) is 9.40. The Morgan fingerprint density at radius 2 is 1.83 bits per heavy atom. The molecular formula is C15H9BrFN. The van der Waals surface area contributed by atoms with Crippen molar-refractivity contribution in [2.24, 2.45) is 0 Å². The van der Waals surface area contributed by atoms with Gasteiger partial charge in [-0.15, -0.1) is 0 Å². The van der Waals surface area contributed by atoms with Crippen LogP contribution in [0.1, 0.15) is 0 Å². The SMILES string of the molecule is Fc1ccc(Br)cc1-c1cnc2ccccc2c1. The van der Waals surface area contributed by atoms with E-state index in [1.54, 1.807) is 18.3 Å². The summed E-state index contributed by atoms with van der Waals surface area (Å²) >= 11 is 3.36. The molecule has 0 unspecified atom stereocenters. The first-order valence-corrected chi connectivity index (χ1v) is 6.33. The maximum Gasteiger partial charge on any atom is 0.131 e. The van der Waals surface area contributed by atoms with Crippen molar-refractivity contribution in [3.63, 3.8) is 0 Å². The summed E-state index contributed by atoms with van der Waals surface area (Å²) in [7, 11) is 0. The predicted octanol–water partition coefficient (Wildman–Crippen LogP) is 4.80. The molecule has 0 bridgehead atoms. The zero-order valence-corrected chi connectivity index (χ0v) is 11.0. The average molecular weight is 302 g/mol. The number of fused-ring (bicyclic) bond motifs is 1. The Labute approximate surface area is 112 Å². The summed E-state index contributed by atoms with van der Waals surface area (Å²) in [5.41, 5.74) is 2.26. The van der Waals surface area contributed by atoms with Crippen LogP contribution >= 0.6 is 15.9 Å².